The van der Waals surface area contributed by atoms with Gasteiger partial charge in [0.25, 0.3) is 0 Å². The molecule has 0 amide bonds. The molecule has 0 heterocycles. The van der Waals surface area contributed by atoms with Gasteiger partial charge in [0.1, 0.15) is 13.2 Å². The average Bonchev–Trinajstić information content (AvgIpc) is 3.43. The number of hydrogen-bond acceptors (Lipinski definition) is 6. The highest BCUT2D eigenvalue weighted by Gasteiger charge is 2.19. The lowest BCUT2D eigenvalue weighted by Gasteiger charge is -2.18. The van der Waals surface area contributed by atoms with Crippen LogP contribution in [0.25, 0.3) is 0 Å². The Hall–Kier alpha value is -4.19. The third kappa shape index (κ3) is 62.5. The van der Waals surface area contributed by atoms with Gasteiger partial charge in [-0.1, -0.05) is 277 Å². The smallest absolute Gasteiger partial charge is 0.306 e. The van der Waals surface area contributed by atoms with Crippen LogP contribution in [0.2, 0.25) is 0 Å². The quantitative estimate of drug-likeness (QED) is 0.0261. The molecule has 0 N–H and O–H groups in total. The van der Waals surface area contributed by atoms with Crippen molar-refractivity contribution in [3.05, 3.63) is 122 Å². The fourth-order valence-electron chi connectivity index (χ4n) is 8.63. The fourth-order valence-corrected chi connectivity index (χ4v) is 8.63. The van der Waals surface area contributed by atoms with Gasteiger partial charge in [-0.15, -0.1) is 0 Å². The first-order chi connectivity index (χ1) is 38.0. The Balaban J connectivity index is 4.31. The molecular weight excluding hydrogens is 949 g/mol. The largest absolute Gasteiger partial charge is 0.462 e. The third-order valence-electron chi connectivity index (χ3n) is 13.4. The molecule has 0 aliphatic carbocycles. The van der Waals surface area contributed by atoms with E-state index in [1.54, 1.807) is 0 Å². The van der Waals surface area contributed by atoms with Crippen molar-refractivity contribution in [1.82, 2.24) is 0 Å². The molecule has 6 heteroatoms. The highest BCUT2D eigenvalue weighted by Crippen LogP contribution is 2.16. The van der Waals surface area contributed by atoms with Gasteiger partial charge < -0.3 is 14.2 Å². The molecule has 438 valence electrons. The Labute approximate surface area is 475 Å². The van der Waals surface area contributed by atoms with Crippen LogP contribution in [0.3, 0.4) is 0 Å². The maximum Gasteiger partial charge on any atom is 0.306 e. The minimum absolute atomic E-state index is 0.113. The molecule has 0 bridgehead atoms. The van der Waals surface area contributed by atoms with Crippen molar-refractivity contribution in [3.63, 3.8) is 0 Å². The third-order valence-corrected chi connectivity index (χ3v) is 13.4. The van der Waals surface area contributed by atoms with E-state index < -0.39 is 12.1 Å². The van der Waals surface area contributed by atoms with Crippen LogP contribution in [0.1, 0.15) is 290 Å². The Kier molecular flexibility index (Phi) is 60.8. The zero-order valence-corrected chi connectivity index (χ0v) is 50.2. The van der Waals surface area contributed by atoms with Crippen LogP contribution in [-0.2, 0) is 28.6 Å². The number of carbonyl (C=O) groups is 3. The van der Waals surface area contributed by atoms with Gasteiger partial charge in [0, 0.05) is 19.3 Å². The standard InChI is InChI=1S/C71H118O6/c1-4-7-10-13-16-19-22-24-26-28-30-31-32-33-34-35-36-37-38-39-41-42-44-46-49-52-55-58-61-64-70(73)76-67-68(66-75-69(72)63-60-57-54-51-48-21-18-15-12-9-6-3)77-71(74)65-62-59-56-53-50-47-45-43-40-29-27-25-23-20-17-14-11-8-5-2/h8,11,15,17-18,20,22,24-25,27-28,30,32-33,40,43,47,50,56,59,68H,4-7,9-10,12-14,16,19,21,23,26,29,31,34-39,41-42,44-46,48-49,51-55,57-58,60-67H2,1-3H3/b11-8-,18-15-,20-17-,24-22-,27-25-,30-28-,33-32-,43-40-,50-47-,59-56-. The number of esters is 3. The monoisotopic (exact) mass is 1070 g/mol. The molecule has 0 saturated carbocycles. The second-order valence-corrected chi connectivity index (χ2v) is 20.9. The number of rotatable bonds is 57. The van der Waals surface area contributed by atoms with E-state index >= 15 is 0 Å². The van der Waals surface area contributed by atoms with Crippen molar-refractivity contribution >= 4 is 17.9 Å². The van der Waals surface area contributed by atoms with Crippen molar-refractivity contribution in [2.45, 2.75) is 297 Å². The number of hydrogen-bond donors (Lipinski definition) is 0. The van der Waals surface area contributed by atoms with Crippen LogP contribution in [0.4, 0.5) is 0 Å². The summed E-state index contributed by atoms with van der Waals surface area (Å²) in [5.41, 5.74) is 0. The second kappa shape index (κ2) is 64.3. The van der Waals surface area contributed by atoms with Crippen LogP contribution >= 0.6 is 0 Å². The van der Waals surface area contributed by atoms with Crippen LogP contribution in [-0.4, -0.2) is 37.2 Å². The molecular formula is C71H118O6. The zero-order valence-electron chi connectivity index (χ0n) is 50.2. The van der Waals surface area contributed by atoms with Crippen LogP contribution in [0.15, 0.2) is 122 Å². The Morgan fingerprint density at radius 1 is 0.273 bits per heavy atom. The zero-order chi connectivity index (χ0) is 55.7. The lowest BCUT2D eigenvalue weighted by molar-refractivity contribution is -0.166. The van der Waals surface area contributed by atoms with Gasteiger partial charge in [0.05, 0.1) is 0 Å². The van der Waals surface area contributed by atoms with E-state index in [2.05, 4.69) is 136 Å². The molecule has 0 aliphatic heterocycles. The van der Waals surface area contributed by atoms with Crippen LogP contribution in [0.5, 0.6) is 0 Å². The number of carbonyl (C=O) groups excluding carboxylic acids is 3. The molecule has 1 unspecified atom stereocenters. The minimum Gasteiger partial charge on any atom is -0.462 e. The van der Waals surface area contributed by atoms with E-state index in [0.717, 1.165) is 103 Å². The molecule has 77 heavy (non-hydrogen) atoms. The molecule has 0 spiro atoms. The van der Waals surface area contributed by atoms with Gasteiger partial charge >= 0.3 is 17.9 Å². The minimum atomic E-state index is -0.825. The molecule has 0 saturated heterocycles. The van der Waals surface area contributed by atoms with Crippen molar-refractivity contribution in [1.29, 1.82) is 0 Å². The predicted octanol–water partition coefficient (Wildman–Crippen LogP) is 22.0. The summed E-state index contributed by atoms with van der Waals surface area (Å²) in [6.07, 6.45) is 89.4. The first-order valence-corrected chi connectivity index (χ1v) is 32.0. The number of unbranched alkanes of at least 4 members (excludes halogenated alkanes) is 26. The number of ether oxygens (including phenoxy) is 3. The molecule has 1 atom stereocenters. The van der Waals surface area contributed by atoms with E-state index in [1.807, 2.05) is 6.08 Å². The summed E-state index contributed by atoms with van der Waals surface area (Å²) in [5, 5.41) is 0. The van der Waals surface area contributed by atoms with Crippen molar-refractivity contribution < 1.29 is 28.6 Å². The lowest BCUT2D eigenvalue weighted by atomic mass is 10.0. The molecule has 6 nitrogen and oxygen atoms in total. The van der Waals surface area contributed by atoms with E-state index in [0.29, 0.717) is 19.3 Å². The normalized spacial score (nSPS) is 12.9. The Morgan fingerprint density at radius 2 is 0.545 bits per heavy atom. The second-order valence-electron chi connectivity index (χ2n) is 20.9. The van der Waals surface area contributed by atoms with Crippen molar-refractivity contribution in [2.24, 2.45) is 0 Å². The molecule has 0 aliphatic rings. The van der Waals surface area contributed by atoms with Gasteiger partial charge in [0.15, 0.2) is 6.10 Å². The molecule has 0 fully saturated rings. The van der Waals surface area contributed by atoms with Gasteiger partial charge in [0.2, 0.25) is 0 Å². The molecule has 0 rings (SSSR count). The summed E-state index contributed by atoms with van der Waals surface area (Å²) in [7, 11) is 0. The van der Waals surface area contributed by atoms with E-state index in [9.17, 15) is 14.4 Å². The van der Waals surface area contributed by atoms with E-state index in [-0.39, 0.29) is 31.6 Å². The summed E-state index contributed by atoms with van der Waals surface area (Å²) >= 11 is 0. The fraction of sp³-hybridized carbons (Fsp3) is 0.676. The summed E-state index contributed by atoms with van der Waals surface area (Å²) in [4.78, 5) is 38.2. The van der Waals surface area contributed by atoms with E-state index in [1.165, 1.54) is 141 Å². The van der Waals surface area contributed by atoms with Gasteiger partial charge in [-0.05, 0) is 116 Å². The van der Waals surface area contributed by atoms with Gasteiger partial charge in [-0.25, -0.2) is 0 Å². The average molecular weight is 1070 g/mol. The SMILES string of the molecule is CC/C=C\C/C=C\C/C=C\C/C=C\C/C=C\C/C=C\CCC(=O)OC(COC(=O)CCCCCCC/C=C\CCCC)COC(=O)CCCCCCCCCCCCCCCC/C=C\C/C=C\C/C=C\CCCCCCC. The Morgan fingerprint density at radius 3 is 0.896 bits per heavy atom. The van der Waals surface area contributed by atoms with Gasteiger partial charge in [-0.2, -0.15) is 0 Å². The maximum absolute atomic E-state index is 12.8. The van der Waals surface area contributed by atoms with E-state index in [4.69, 9.17) is 14.2 Å². The van der Waals surface area contributed by atoms with Crippen molar-refractivity contribution in [3.8, 4) is 0 Å². The molecule has 0 radical (unpaired) electrons. The summed E-state index contributed by atoms with van der Waals surface area (Å²) in [5.74, 6) is -1.01. The van der Waals surface area contributed by atoms with Crippen molar-refractivity contribution in [2.75, 3.05) is 13.2 Å². The van der Waals surface area contributed by atoms with Crippen LogP contribution < -0.4 is 0 Å². The number of allylic oxidation sites excluding steroid dienone is 20. The molecule has 0 aromatic carbocycles. The summed E-state index contributed by atoms with van der Waals surface area (Å²) in [6.45, 7) is 6.41. The maximum atomic E-state index is 12.8. The van der Waals surface area contributed by atoms with Gasteiger partial charge in [-0.3, -0.25) is 14.4 Å². The highest BCUT2D eigenvalue weighted by atomic mass is 16.6. The van der Waals surface area contributed by atoms with Crippen LogP contribution in [0, 0.1) is 0 Å². The Bertz CT molecular complexity index is 1600. The lowest BCUT2D eigenvalue weighted by Crippen LogP contribution is -2.30. The molecule has 0 aromatic heterocycles. The first kappa shape index (κ1) is 72.8. The topological polar surface area (TPSA) is 78.9 Å². The molecule has 0 aromatic rings. The highest BCUT2D eigenvalue weighted by molar-refractivity contribution is 5.71. The predicted molar refractivity (Wildman–Crippen MR) is 334 cm³/mol. The first-order valence-electron chi connectivity index (χ1n) is 32.0. The summed E-state index contributed by atoms with van der Waals surface area (Å²) < 4.78 is 16.8. The summed E-state index contributed by atoms with van der Waals surface area (Å²) in [6, 6.07) is 0.